The van der Waals surface area contributed by atoms with Gasteiger partial charge in [0, 0.05) is 42.3 Å². The Hall–Kier alpha value is -1.11. The molecule has 1 aliphatic rings. The zero-order chi connectivity index (χ0) is 16.9. The second-order valence-corrected chi connectivity index (χ2v) is 7.19. The molecule has 0 atom stereocenters. The average Bonchev–Trinajstić information content (AvgIpc) is 3.31. The Morgan fingerprint density at radius 3 is 2.83 bits per heavy atom. The fraction of sp³-hybridized carbons (Fsp3) is 0.588. The number of methoxy groups -OCH3 is 1. The molecule has 128 valence electrons. The average molecular weight is 384 g/mol. The van der Waals surface area contributed by atoms with Crippen LogP contribution < -0.4 is 11.1 Å². The normalized spacial score (nSPS) is 15.7. The summed E-state index contributed by atoms with van der Waals surface area (Å²) < 4.78 is 6.02. The number of carbonyl (C=O) groups excluding carboxylic acids is 1. The minimum absolute atomic E-state index is 0.102. The molecule has 0 radical (unpaired) electrons. The van der Waals surface area contributed by atoms with E-state index in [2.05, 4.69) is 33.1 Å². The molecule has 23 heavy (non-hydrogen) atoms. The Balaban J connectivity index is 1.89. The first-order valence-electron chi connectivity index (χ1n) is 8.04. The van der Waals surface area contributed by atoms with Crippen LogP contribution >= 0.6 is 15.9 Å². The van der Waals surface area contributed by atoms with Crippen LogP contribution in [0.15, 0.2) is 22.7 Å². The van der Waals surface area contributed by atoms with Gasteiger partial charge in [-0.1, -0.05) is 22.9 Å². The Bertz CT molecular complexity index is 547. The van der Waals surface area contributed by atoms with Crippen LogP contribution in [-0.4, -0.2) is 50.7 Å². The summed E-state index contributed by atoms with van der Waals surface area (Å²) in [5.41, 5.74) is 7.14. The summed E-state index contributed by atoms with van der Waals surface area (Å²) in [6.07, 6.45) is 2.31. The van der Waals surface area contributed by atoms with Crippen molar-refractivity contribution >= 4 is 27.5 Å². The second kappa shape index (κ2) is 8.13. The molecule has 6 heteroatoms. The first kappa shape index (κ1) is 18.2. The Kier molecular flexibility index (Phi) is 6.44. The lowest BCUT2D eigenvalue weighted by Gasteiger charge is -2.26. The third-order valence-electron chi connectivity index (χ3n) is 4.46. The van der Waals surface area contributed by atoms with Crippen molar-refractivity contribution in [3.8, 4) is 0 Å². The number of anilines is 1. The van der Waals surface area contributed by atoms with Gasteiger partial charge in [-0.05, 0) is 37.6 Å². The Labute approximate surface area is 146 Å². The topological polar surface area (TPSA) is 67.6 Å². The van der Waals surface area contributed by atoms with Gasteiger partial charge in [0.15, 0.2) is 0 Å². The van der Waals surface area contributed by atoms with Crippen LogP contribution in [-0.2, 0) is 4.74 Å². The second-order valence-electron chi connectivity index (χ2n) is 6.28. The van der Waals surface area contributed by atoms with Gasteiger partial charge in [0.05, 0.1) is 12.2 Å². The monoisotopic (exact) mass is 383 g/mol. The number of rotatable bonds is 9. The Morgan fingerprint density at radius 2 is 2.22 bits per heavy atom. The number of carbonyl (C=O) groups is 1. The molecule has 1 aliphatic carbocycles. The van der Waals surface area contributed by atoms with Gasteiger partial charge < -0.3 is 20.7 Å². The molecule has 1 saturated carbocycles. The van der Waals surface area contributed by atoms with E-state index < -0.39 is 0 Å². The fourth-order valence-electron chi connectivity index (χ4n) is 2.70. The van der Waals surface area contributed by atoms with Crippen LogP contribution in [0.25, 0.3) is 0 Å². The third-order valence-corrected chi connectivity index (χ3v) is 4.95. The first-order valence-corrected chi connectivity index (χ1v) is 8.83. The Morgan fingerprint density at radius 1 is 1.48 bits per heavy atom. The molecule has 0 aliphatic heterocycles. The summed E-state index contributed by atoms with van der Waals surface area (Å²) in [4.78, 5) is 14.8. The molecule has 0 bridgehead atoms. The molecule has 1 fully saturated rings. The molecule has 0 unspecified atom stereocenters. The van der Waals surface area contributed by atoms with E-state index in [1.54, 1.807) is 19.2 Å². The highest BCUT2D eigenvalue weighted by atomic mass is 79.9. The van der Waals surface area contributed by atoms with Crippen LogP contribution in [0.1, 0.15) is 30.1 Å². The molecule has 0 heterocycles. The predicted octanol–water partition coefficient (Wildman–Crippen LogP) is 2.51. The van der Waals surface area contributed by atoms with Crippen molar-refractivity contribution in [2.75, 3.05) is 45.6 Å². The lowest BCUT2D eigenvalue weighted by atomic mass is 10.1. The van der Waals surface area contributed by atoms with Gasteiger partial charge in [-0.3, -0.25) is 4.79 Å². The van der Waals surface area contributed by atoms with E-state index in [1.807, 2.05) is 6.07 Å². The molecule has 0 aromatic heterocycles. The van der Waals surface area contributed by atoms with Crippen molar-refractivity contribution < 1.29 is 9.53 Å². The largest absolute Gasteiger partial charge is 0.398 e. The lowest BCUT2D eigenvalue weighted by Crippen LogP contribution is -2.39. The molecular formula is C17H26BrN3O2. The first-order chi connectivity index (χ1) is 11.0. The maximum Gasteiger partial charge on any atom is 0.253 e. The number of amides is 1. The van der Waals surface area contributed by atoms with Crippen LogP contribution in [0.2, 0.25) is 0 Å². The van der Waals surface area contributed by atoms with Gasteiger partial charge in [0.1, 0.15) is 0 Å². The molecule has 1 aromatic rings. The van der Waals surface area contributed by atoms with Crippen molar-refractivity contribution in [3.05, 3.63) is 28.2 Å². The molecule has 3 N–H and O–H groups in total. The minimum Gasteiger partial charge on any atom is -0.398 e. The van der Waals surface area contributed by atoms with Crippen LogP contribution in [0.3, 0.4) is 0 Å². The fourth-order valence-corrected chi connectivity index (χ4v) is 3.06. The number of hydrogen-bond acceptors (Lipinski definition) is 4. The molecule has 5 nitrogen and oxygen atoms in total. The van der Waals surface area contributed by atoms with Gasteiger partial charge in [-0.25, -0.2) is 0 Å². The van der Waals surface area contributed by atoms with Crippen molar-refractivity contribution in [2.24, 2.45) is 5.41 Å². The van der Waals surface area contributed by atoms with Crippen LogP contribution in [0.5, 0.6) is 0 Å². The minimum atomic E-state index is -0.102. The van der Waals surface area contributed by atoms with Crippen molar-refractivity contribution in [3.63, 3.8) is 0 Å². The van der Waals surface area contributed by atoms with E-state index >= 15 is 0 Å². The standard InChI is InChI=1S/C17H26BrN3O2/c1-3-21(8-9-23-2)12-17(6-7-17)11-20-16(22)14-10-13(18)4-5-15(14)19/h4-5,10H,3,6-9,11-12,19H2,1-2H3,(H,20,22). The zero-order valence-electron chi connectivity index (χ0n) is 13.9. The maximum absolute atomic E-state index is 12.4. The van der Waals surface area contributed by atoms with E-state index in [4.69, 9.17) is 10.5 Å². The van der Waals surface area contributed by atoms with E-state index in [0.29, 0.717) is 17.8 Å². The number of halogens is 1. The molecular weight excluding hydrogens is 358 g/mol. The maximum atomic E-state index is 12.4. The summed E-state index contributed by atoms with van der Waals surface area (Å²) in [6.45, 7) is 6.53. The van der Waals surface area contributed by atoms with Crippen LogP contribution in [0.4, 0.5) is 5.69 Å². The number of nitrogens with two attached hydrogens (primary N) is 1. The van der Waals surface area contributed by atoms with Crippen LogP contribution in [0, 0.1) is 5.41 Å². The smallest absolute Gasteiger partial charge is 0.253 e. The number of likely N-dealkylation sites (N-methyl/N-ethyl adjacent to an activating group) is 1. The van der Waals surface area contributed by atoms with E-state index in [1.165, 1.54) is 0 Å². The quantitative estimate of drug-likeness (QED) is 0.642. The number of hydrogen-bond donors (Lipinski definition) is 2. The van der Waals surface area contributed by atoms with E-state index in [9.17, 15) is 4.79 Å². The SMILES string of the molecule is CCN(CCOC)CC1(CNC(=O)c2cc(Br)ccc2N)CC1. The number of nitrogen functional groups attached to an aromatic ring is 1. The molecule has 1 aromatic carbocycles. The van der Waals surface area contributed by atoms with Gasteiger partial charge >= 0.3 is 0 Å². The highest BCUT2D eigenvalue weighted by Crippen LogP contribution is 2.45. The molecule has 0 spiro atoms. The highest BCUT2D eigenvalue weighted by molar-refractivity contribution is 9.10. The van der Waals surface area contributed by atoms with E-state index in [0.717, 1.165) is 43.6 Å². The summed E-state index contributed by atoms with van der Waals surface area (Å²) >= 11 is 3.38. The van der Waals surface area contributed by atoms with Crippen molar-refractivity contribution in [1.82, 2.24) is 10.2 Å². The van der Waals surface area contributed by atoms with Crippen molar-refractivity contribution in [1.29, 1.82) is 0 Å². The molecule has 0 saturated heterocycles. The third kappa shape index (κ3) is 5.19. The number of nitrogens with zero attached hydrogens (tertiary/aromatic N) is 1. The lowest BCUT2D eigenvalue weighted by molar-refractivity contribution is 0.0933. The summed E-state index contributed by atoms with van der Waals surface area (Å²) in [7, 11) is 1.73. The van der Waals surface area contributed by atoms with Gasteiger partial charge in [0.2, 0.25) is 0 Å². The zero-order valence-corrected chi connectivity index (χ0v) is 15.5. The highest BCUT2D eigenvalue weighted by Gasteiger charge is 2.43. The molecule has 1 amide bonds. The molecule has 2 rings (SSSR count). The van der Waals surface area contributed by atoms with Crippen molar-refractivity contribution in [2.45, 2.75) is 19.8 Å². The van der Waals surface area contributed by atoms with Gasteiger partial charge in [-0.15, -0.1) is 0 Å². The summed E-state index contributed by atoms with van der Waals surface area (Å²) in [5, 5.41) is 3.06. The predicted molar refractivity (Wildman–Crippen MR) is 96.5 cm³/mol. The summed E-state index contributed by atoms with van der Waals surface area (Å²) in [6, 6.07) is 5.35. The number of ether oxygens (including phenoxy) is 1. The van der Waals surface area contributed by atoms with E-state index in [-0.39, 0.29) is 11.3 Å². The summed E-state index contributed by atoms with van der Waals surface area (Å²) in [5.74, 6) is -0.102. The van der Waals surface area contributed by atoms with Gasteiger partial charge in [0.25, 0.3) is 5.91 Å². The van der Waals surface area contributed by atoms with Gasteiger partial charge in [-0.2, -0.15) is 0 Å². The number of nitrogens with one attached hydrogen (secondary N) is 1. The number of benzene rings is 1.